The van der Waals surface area contributed by atoms with E-state index in [9.17, 15) is 4.79 Å². The van der Waals surface area contributed by atoms with Crippen molar-refractivity contribution in [3.8, 4) is 40.1 Å². The first-order valence-electron chi connectivity index (χ1n) is 10.1. The quantitative estimate of drug-likeness (QED) is 0.290. The Labute approximate surface area is 197 Å². The van der Waals surface area contributed by atoms with Gasteiger partial charge in [0, 0.05) is 5.56 Å². The fourth-order valence-corrected chi connectivity index (χ4v) is 3.38. The van der Waals surface area contributed by atoms with Crippen molar-refractivity contribution >= 4 is 17.9 Å². The molecule has 5 rings (SSSR count). The Bertz CT molecular complexity index is 1430. The number of carbonyl (C=O) groups excluding carboxylic acids is 1. The molecule has 0 bridgehead atoms. The lowest BCUT2D eigenvalue weighted by molar-refractivity contribution is 0.0950. The van der Waals surface area contributed by atoms with Gasteiger partial charge in [-0.1, -0.05) is 5.21 Å². The fraction of sp³-hybridized carbons (Fsp3) is 0.143. The summed E-state index contributed by atoms with van der Waals surface area (Å²) in [6.07, 6.45) is 1.45. The number of nitrogens with two attached hydrogens (primary N) is 1. The van der Waals surface area contributed by atoms with Gasteiger partial charge in [0.1, 0.15) is 5.69 Å². The molecule has 14 heteroatoms. The first-order chi connectivity index (χ1) is 17.1. The van der Waals surface area contributed by atoms with E-state index in [1.54, 1.807) is 43.5 Å². The van der Waals surface area contributed by atoms with Crippen LogP contribution in [0.5, 0.6) is 23.0 Å². The second-order valence-electron chi connectivity index (χ2n) is 7.05. The number of fused-ring (bicyclic) bond motifs is 1. The van der Waals surface area contributed by atoms with Gasteiger partial charge in [0.05, 0.1) is 20.4 Å². The highest BCUT2D eigenvalue weighted by atomic mass is 16.7. The number of benzene rings is 2. The van der Waals surface area contributed by atoms with Crippen LogP contribution in [0.25, 0.3) is 17.1 Å². The smallest absolute Gasteiger partial charge is 0.294 e. The van der Waals surface area contributed by atoms with E-state index in [-0.39, 0.29) is 29.8 Å². The summed E-state index contributed by atoms with van der Waals surface area (Å²) in [6.45, 7) is 0.0919. The van der Waals surface area contributed by atoms with Gasteiger partial charge in [-0.25, -0.2) is 10.1 Å². The lowest BCUT2D eigenvalue weighted by Gasteiger charge is -2.07. The second kappa shape index (κ2) is 9.01. The number of hydrogen-bond donors (Lipinski definition) is 2. The first-order valence-corrected chi connectivity index (χ1v) is 10.1. The minimum atomic E-state index is -0.629. The highest BCUT2D eigenvalue weighted by Gasteiger charge is 2.26. The number of amides is 1. The number of hydrogen-bond acceptors (Lipinski definition) is 12. The minimum Gasteiger partial charge on any atom is -0.493 e. The predicted molar refractivity (Wildman–Crippen MR) is 120 cm³/mol. The zero-order valence-electron chi connectivity index (χ0n) is 18.5. The summed E-state index contributed by atoms with van der Waals surface area (Å²) in [7, 11) is 3.07. The van der Waals surface area contributed by atoms with Crippen LogP contribution in [0.1, 0.15) is 16.1 Å². The molecule has 0 unspecified atom stereocenters. The van der Waals surface area contributed by atoms with E-state index in [1.807, 2.05) is 0 Å². The van der Waals surface area contributed by atoms with Crippen molar-refractivity contribution in [2.75, 3.05) is 26.7 Å². The Hall–Kier alpha value is -5.14. The third-order valence-corrected chi connectivity index (χ3v) is 5.01. The third kappa shape index (κ3) is 4.03. The summed E-state index contributed by atoms with van der Waals surface area (Å²) in [4.78, 5) is 13.0. The van der Waals surface area contributed by atoms with E-state index >= 15 is 0 Å². The van der Waals surface area contributed by atoms with Gasteiger partial charge < -0.3 is 24.7 Å². The van der Waals surface area contributed by atoms with Crippen molar-refractivity contribution in [3.63, 3.8) is 0 Å². The number of aromatic nitrogens is 5. The number of hydrazone groups is 1. The predicted octanol–water partition coefficient (Wildman–Crippen LogP) is 1.41. The van der Waals surface area contributed by atoms with Crippen molar-refractivity contribution in [2.24, 2.45) is 5.10 Å². The maximum atomic E-state index is 13.0. The standard InChI is InChI=1S/C21H18N8O6/c1-31-13-5-3-11(7-15(13)32-2)9-23-25-21(30)17-18(12-4-6-14-16(8-12)34-10-33-14)29(28-24-17)20-19(22)26-35-27-20/h3-9H,10H2,1-2H3,(H2,22,26)(H,25,30)/b23-9+. The molecule has 4 aromatic rings. The zero-order valence-corrected chi connectivity index (χ0v) is 18.5. The Balaban J connectivity index is 1.47. The van der Waals surface area contributed by atoms with Crippen LogP contribution < -0.4 is 30.1 Å². The van der Waals surface area contributed by atoms with E-state index in [2.05, 4.69) is 35.8 Å². The molecule has 0 saturated carbocycles. The summed E-state index contributed by atoms with van der Waals surface area (Å²) in [5, 5.41) is 19.4. The second-order valence-corrected chi connectivity index (χ2v) is 7.05. The zero-order chi connectivity index (χ0) is 24.4. The molecule has 1 amide bonds. The Morgan fingerprint density at radius 2 is 1.94 bits per heavy atom. The Morgan fingerprint density at radius 1 is 1.11 bits per heavy atom. The van der Waals surface area contributed by atoms with Gasteiger partial charge in [-0.3, -0.25) is 4.79 Å². The van der Waals surface area contributed by atoms with Gasteiger partial charge in [-0.05, 0) is 52.3 Å². The van der Waals surface area contributed by atoms with Crippen LogP contribution in [0.4, 0.5) is 5.82 Å². The number of nitrogen functional groups attached to an aromatic ring is 1. The molecular weight excluding hydrogens is 460 g/mol. The maximum absolute atomic E-state index is 13.0. The van der Waals surface area contributed by atoms with Crippen molar-refractivity contribution in [1.82, 2.24) is 30.7 Å². The molecule has 0 aliphatic carbocycles. The topological polar surface area (TPSA) is 174 Å². The molecule has 0 fully saturated rings. The summed E-state index contributed by atoms with van der Waals surface area (Å²) in [5.41, 5.74) is 9.72. The maximum Gasteiger partial charge on any atom is 0.294 e. The molecule has 1 aliphatic rings. The molecule has 2 aromatic carbocycles. The van der Waals surface area contributed by atoms with Crippen LogP contribution in [-0.4, -0.2) is 58.4 Å². The molecule has 178 valence electrons. The number of methoxy groups -OCH3 is 2. The fourth-order valence-electron chi connectivity index (χ4n) is 3.38. The van der Waals surface area contributed by atoms with Gasteiger partial charge in [-0.15, -0.1) is 5.10 Å². The number of carbonyl (C=O) groups is 1. The van der Waals surface area contributed by atoms with E-state index in [1.165, 1.54) is 18.0 Å². The SMILES string of the molecule is COc1ccc(/C=N/NC(=O)c2nnn(-c3nonc3N)c2-c2ccc3c(c2)OCO3)cc1OC. The van der Waals surface area contributed by atoms with Gasteiger partial charge in [0.2, 0.25) is 18.4 Å². The lowest BCUT2D eigenvalue weighted by Crippen LogP contribution is -2.19. The number of ether oxygens (including phenoxy) is 4. The van der Waals surface area contributed by atoms with Crippen LogP contribution >= 0.6 is 0 Å². The summed E-state index contributed by atoms with van der Waals surface area (Å²) >= 11 is 0. The number of rotatable bonds is 7. The van der Waals surface area contributed by atoms with Crippen molar-refractivity contribution in [2.45, 2.75) is 0 Å². The van der Waals surface area contributed by atoms with Crippen molar-refractivity contribution in [1.29, 1.82) is 0 Å². The van der Waals surface area contributed by atoms with E-state index in [4.69, 9.17) is 24.7 Å². The molecule has 0 radical (unpaired) electrons. The average Bonchev–Trinajstić information content (AvgIpc) is 3.62. The molecule has 2 aromatic heterocycles. The van der Waals surface area contributed by atoms with Crippen molar-refractivity contribution < 1.29 is 28.4 Å². The van der Waals surface area contributed by atoms with Gasteiger partial charge in [-0.2, -0.15) is 9.78 Å². The highest BCUT2D eigenvalue weighted by Crippen LogP contribution is 2.37. The molecular formula is C21H18N8O6. The van der Waals surface area contributed by atoms with Crippen LogP contribution in [0.15, 0.2) is 46.1 Å². The molecule has 0 spiro atoms. The molecule has 3 heterocycles. The van der Waals surface area contributed by atoms with E-state index < -0.39 is 5.91 Å². The number of anilines is 1. The minimum absolute atomic E-state index is 0.0321. The molecule has 35 heavy (non-hydrogen) atoms. The lowest BCUT2D eigenvalue weighted by atomic mass is 10.1. The molecule has 0 atom stereocenters. The summed E-state index contributed by atoms with van der Waals surface area (Å²) in [6, 6.07) is 10.3. The molecule has 14 nitrogen and oxygen atoms in total. The summed E-state index contributed by atoms with van der Waals surface area (Å²) < 4.78 is 27.2. The van der Waals surface area contributed by atoms with E-state index in [0.29, 0.717) is 34.1 Å². The van der Waals surface area contributed by atoms with Gasteiger partial charge in [0.15, 0.2) is 28.7 Å². The number of nitrogens with one attached hydrogen (secondary N) is 1. The molecule has 1 aliphatic heterocycles. The third-order valence-electron chi connectivity index (χ3n) is 5.01. The van der Waals surface area contributed by atoms with Gasteiger partial charge >= 0.3 is 0 Å². The Kier molecular flexibility index (Phi) is 5.58. The summed E-state index contributed by atoms with van der Waals surface area (Å²) in [5.74, 6) is 1.57. The van der Waals surface area contributed by atoms with Crippen LogP contribution in [0.2, 0.25) is 0 Å². The Morgan fingerprint density at radius 3 is 2.71 bits per heavy atom. The van der Waals surface area contributed by atoms with Crippen LogP contribution in [-0.2, 0) is 0 Å². The van der Waals surface area contributed by atoms with Crippen LogP contribution in [0, 0.1) is 0 Å². The van der Waals surface area contributed by atoms with E-state index in [0.717, 1.165) is 0 Å². The normalized spacial score (nSPS) is 12.2. The van der Waals surface area contributed by atoms with Gasteiger partial charge in [0.25, 0.3) is 5.91 Å². The number of nitrogens with zero attached hydrogens (tertiary/aromatic N) is 6. The van der Waals surface area contributed by atoms with Crippen molar-refractivity contribution in [3.05, 3.63) is 47.7 Å². The van der Waals surface area contributed by atoms with Crippen LogP contribution in [0.3, 0.4) is 0 Å². The monoisotopic (exact) mass is 478 g/mol. The molecule has 0 saturated heterocycles. The average molecular weight is 478 g/mol. The largest absolute Gasteiger partial charge is 0.493 e. The highest BCUT2D eigenvalue weighted by molar-refractivity contribution is 5.99. The molecule has 3 N–H and O–H groups in total. The first kappa shape index (κ1) is 21.7.